The number of carbonyl (C=O) groups is 2. The highest BCUT2D eigenvalue weighted by atomic mass is 79.9. The number of ketones is 1. The van der Waals surface area contributed by atoms with Crippen LogP contribution < -0.4 is 0 Å². The van der Waals surface area contributed by atoms with Crippen molar-refractivity contribution in [2.24, 2.45) is 17.3 Å². The number of hydrogen-bond donors (Lipinski definition) is 0. The van der Waals surface area contributed by atoms with Crippen molar-refractivity contribution in [3.05, 3.63) is 56.6 Å². The summed E-state index contributed by atoms with van der Waals surface area (Å²) in [4.78, 5) is 23.6. The zero-order valence-corrected chi connectivity index (χ0v) is 19.3. The van der Waals surface area contributed by atoms with Crippen LogP contribution in [0.25, 0.3) is 0 Å². The van der Waals surface area contributed by atoms with Crippen LogP contribution in [0.5, 0.6) is 0 Å². The van der Waals surface area contributed by atoms with E-state index in [1.54, 1.807) is 5.57 Å². The molecular formula is C26H29BrO3. The molecule has 0 N–H and O–H groups in total. The molecule has 0 unspecified atom stereocenters. The van der Waals surface area contributed by atoms with E-state index in [-0.39, 0.29) is 11.2 Å². The molecule has 5 atom stereocenters. The minimum absolute atomic E-state index is 0.167. The molecule has 0 aromatic heterocycles. The number of halogens is 1. The van der Waals surface area contributed by atoms with Gasteiger partial charge in [0, 0.05) is 25.0 Å². The topological polar surface area (TPSA) is 43.4 Å². The summed E-state index contributed by atoms with van der Waals surface area (Å²) in [7, 11) is 1.87. The third kappa shape index (κ3) is 2.94. The molecule has 0 bridgehead atoms. The van der Waals surface area contributed by atoms with Gasteiger partial charge in [0.25, 0.3) is 0 Å². The highest BCUT2D eigenvalue weighted by molar-refractivity contribution is 9.12. The summed E-state index contributed by atoms with van der Waals surface area (Å²) in [6, 6.07) is 8.17. The Kier molecular flexibility index (Phi) is 5.14. The standard InChI is InChI=1S/C26H29BrO3/c1-26-13-20(16-5-3-15(14-28)4-6-16)24-17-9-11-22(29)25(27)18(17)7-8-19(24)21(26)10-12-23(26)30-2/h3-6,14,19-21,23H,7-13H2,1-2H3/t19-,20+,21-,23-,26-/m0/s1. The maximum absolute atomic E-state index is 12.4. The second-order valence-electron chi connectivity index (χ2n) is 9.75. The van der Waals surface area contributed by atoms with E-state index in [2.05, 4.69) is 35.0 Å². The molecule has 0 saturated heterocycles. The van der Waals surface area contributed by atoms with Crippen LogP contribution in [-0.4, -0.2) is 25.3 Å². The second kappa shape index (κ2) is 7.56. The Balaban J connectivity index is 1.68. The van der Waals surface area contributed by atoms with E-state index in [0.717, 1.165) is 48.4 Å². The first-order valence-electron chi connectivity index (χ1n) is 11.2. The number of Topliss-reactive ketones (excluding diaryl/α,β-unsaturated/α-hetero) is 1. The molecule has 0 spiro atoms. The lowest BCUT2D eigenvalue weighted by molar-refractivity contribution is -0.115. The first kappa shape index (κ1) is 20.4. The van der Waals surface area contributed by atoms with Gasteiger partial charge in [0.15, 0.2) is 5.78 Å². The molecule has 1 aromatic carbocycles. The zero-order valence-electron chi connectivity index (χ0n) is 17.7. The van der Waals surface area contributed by atoms with Crippen LogP contribution in [0.15, 0.2) is 45.5 Å². The molecule has 4 aliphatic rings. The number of carbonyl (C=O) groups excluding carboxylic acids is 2. The highest BCUT2D eigenvalue weighted by Crippen LogP contribution is 2.64. The smallest absolute Gasteiger partial charge is 0.170 e. The minimum atomic E-state index is 0.167. The summed E-state index contributed by atoms with van der Waals surface area (Å²) in [5, 5.41) is 0. The fourth-order valence-corrected chi connectivity index (χ4v) is 7.79. The maximum atomic E-state index is 12.4. The molecule has 30 heavy (non-hydrogen) atoms. The molecule has 0 heterocycles. The van der Waals surface area contributed by atoms with Crippen LogP contribution in [0.3, 0.4) is 0 Å². The van der Waals surface area contributed by atoms with Gasteiger partial charge in [0.2, 0.25) is 0 Å². The summed E-state index contributed by atoms with van der Waals surface area (Å²) in [6.45, 7) is 2.44. The Labute approximate surface area is 187 Å². The number of rotatable bonds is 3. The number of methoxy groups -OCH3 is 1. The van der Waals surface area contributed by atoms with Crippen LogP contribution >= 0.6 is 15.9 Å². The van der Waals surface area contributed by atoms with Crippen molar-refractivity contribution in [3.63, 3.8) is 0 Å². The number of hydrogen-bond acceptors (Lipinski definition) is 3. The average molecular weight is 469 g/mol. The van der Waals surface area contributed by atoms with Gasteiger partial charge in [-0.05, 0) is 88.4 Å². The summed E-state index contributed by atoms with van der Waals surface area (Å²) < 4.78 is 6.82. The first-order chi connectivity index (χ1) is 14.5. The van der Waals surface area contributed by atoms with E-state index in [0.29, 0.717) is 30.3 Å². The molecule has 4 heteroatoms. The number of ether oxygens (including phenoxy) is 1. The monoisotopic (exact) mass is 468 g/mol. The normalized spacial score (nSPS) is 35.8. The second-order valence-corrected chi connectivity index (χ2v) is 10.5. The summed E-state index contributed by atoms with van der Waals surface area (Å²) in [5.41, 5.74) is 6.48. The Bertz CT molecular complexity index is 957. The van der Waals surface area contributed by atoms with Crippen LogP contribution in [-0.2, 0) is 9.53 Å². The molecule has 158 valence electrons. The largest absolute Gasteiger partial charge is 0.381 e. The van der Waals surface area contributed by atoms with Gasteiger partial charge in [-0.25, -0.2) is 0 Å². The molecule has 3 nitrogen and oxygen atoms in total. The van der Waals surface area contributed by atoms with Crippen molar-refractivity contribution < 1.29 is 14.3 Å². The number of fused-ring (bicyclic) bond motifs is 4. The number of benzene rings is 1. The molecule has 5 rings (SSSR count). The van der Waals surface area contributed by atoms with Crippen molar-refractivity contribution in [1.29, 1.82) is 0 Å². The number of allylic oxidation sites excluding steroid dienone is 4. The fraction of sp³-hybridized carbons (Fsp3) is 0.538. The molecule has 4 aliphatic carbocycles. The predicted molar refractivity (Wildman–Crippen MR) is 121 cm³/mol. The van der Waals surface area contributed by atoms with Crippen molar-refractivity contribution in [2.75, 3.05) is 7.11 Å². The summed E-state index contributed by atoms with van der Waals surface area (Å²) in [5.74, 6) is 1.78. The maximum Gasteiger partial charge on any atom is 0.170 e. The van der Waals surface area contributed by atoms with E-state index in [1.165, 1.54) is 23.1 Å². The lowest BCUT2D eigenvalue weighted by Gasteiger charge is -2.52. The van der Waals surface area contributed by atoms with Crippen molar-refractivity contribution in [1.82, 2.24) is 0 Å². The Morgan fingerprint density at radius 2 is 1.83 bits per heavy atom. The molecule has 0 amide bonds. The summed E-state index contributed by atoms with van der Waals surface area (Å²) in [6.07, 6.45) is 8.26. The molecule has 1 aromatic rings. The van der Waals surface area contributed by atoms with Crippen molar-refractivity contribution >= 4 is 28.0 Å². The van der Waals surface area contributed by atoms with Gasteiger partial charge in [-0.3, -0.25) is 9.59 Å². The average Bonchev–Trinajstić information content (AvgIpc) is 3.11. The van der Waals surface area contributed by atoms with Crippen LogP contribution in [0.4, 0.5) is 0 Å². The molecule has 2 saturated carbocycles. The van der Waals surface area contributed by atoms with Gasteiger partial charge < -0.3 is 4.74 Å². The molecule has 0 aliphatic heterocycles. The highest BCUT2D eigenvalue weighted by Gasteiger charge is 2.57. The quantitative estimate of drug-likeness (QED) is 0.500. The van der Waals surface area contributed by atoms with Gasteiger partial charge in [-0.1, -0.05) is 36.8 Å². The van der Waals surface area contributed by atoms with Gasteiger partial charge in [-0.2, -0.15) is 0 Å². The Morgan fingerprint density at radius 1 is 1.07 bits per heavy atom. The van der Waals surface area contributed by atoms with E-state index in [4.69, 9.17) is 4.74 Å². The molecule has 0 radical (unpaired) electrons. The fourth-order valence-electron chi connectivity index (χ4n) is 7.16. The summed E-state index contributed by atoms with van der Waals surface area (Å²) >= 11 is 3.63. The first-order valence-corrected chi connectivity index (χ1v) is 12.0. The van der Waals surface area contributed by atoms with E-state index in [1.807, 2.05) is 19.2 Å². The van der Waals surface area contributed by atoms with Crippen LogP contribution in [0.1, 0.15) is 73.7 Å². The van der Waals surface area contributed by atoms with Gasteiger partial charge in [-0.15, -0.1) is 0 Å². The van der Waals surface area contributed by atoms with E-state index < -0.39 is 0 Å². The van der Waals surface area contributed by atoms with Gasteiger partial charge in [0.05, 0.1) is 10.6 Å². The zero-order chi connectivity index (χ0) is 21.0. The predicted octanol–water partition coefficient (Wildman–Crippen LogP) is 6.14. The lowest BCUT2D eigenvalue weighted by Crippen LogP contribution is -2.45. The van der Waals surface area contributed by atoms with Gasteiger partial charge in [0.1, 0.15) is 6.29 Å². The SMILES string of the molecule is CO[C@H]1CC[C@H]2[C@@H]3CCC4=C(Br)C(=O)CCC4=C3[C@@H](c3ccc(C=O)cc3)C[C@]12C. The van der Waals surface area contributed by atoms with Crippen molar-refractivity contribution in [2.45, 2.75) is 63.9 Å². The van der Waals surface area contributed by atoms with Crippen LogP contribution in [0, 0.1) is 17.3 Å². The Morgan fingerprint density at radius 3 is 2.53 bits per heavy atom. The van der Waals surface area contributed by atoms with Crippen molar-refractivity contribution in [3.8, 4) is 0 Å². The molecular weight excluding hydrogens is 440 g/mol. The Hall–Kier alpha value is -1.52. The third-order valence-electron chi connectivity index (χ3n) is 8.52. The van der Waals surface area contributed by atoms with Gasteiger partial charge >= 0.3 is 0 Å². The van der Waals surface area contributed by atoms with E-state index in [9.17, 15) is 9.59 Å². The third-order valence-corrected chi connectivity index (χ3v) is 9.44. The van der Waals surface area contributed by atoms with Crippen LogP contribution in [0.2, 0.25) is 0 Å². The minimum Gasteiger partial charge on any atom is -0.381 e. The van der Waals surface area contributed by atoms with E-state index >= 15 is 0 Å². The number of aldehydes is 1. The lowest BCUT2D eigenvalue weighted by atomic mass is 9.53. The molecule has 2 fully saturated rings.